The minimum absolute atomic E-state index is 0.396. The van der Waals surface area contributed by atoms with Gasteiger partial charge in [-0.3, -0.25) is 4.79 Å². The van der Waals surface area contributed by atoms with Gasteiger partial charge in [0.25, 0.3) is 0 Å². The Balaban J connectivity index is 1.92. The maximum Gasteiger partial charge on any atom is 0.137 e. The van der Waals surface area contributed by atoms with E-state index in [4.69, 9.17) is 0 Å². The topological polar surface area (TPSA) is 17.1 Å². The van der Waals surface area contributed by atoms with Gasteiger partial charge in [0, 0.05) is 12.3 Å². The second-order valence-electron chi connectivity index (χ2n) is 7.21. The van der Waals surface area contributed by atoms with Gasteiger partial charge in [-0.25, -0.2) is 0 Å². The number of rotatable bonds is 1. The molecule has 0 radical (unpaired) electrons. The van der Waals surface area contributed by atoms with E-state index in [1.165, 1.54) is 19.3 Å². The Morgan fingerprint density at radius 2 is 2.06 bits per heavy atom. The van der Waals surface area contributed by atoms with Crippen LogP contribution in [-0.4, -0.2) is 5.78 Å². The molecule has 0 unspecified atom stereocenters. The van der Waals surface area contributed by atoms with Crippen LogP contribution < -0.4 is 0 Å². The van der Waals surface area contributed by atoms with E-state index in [-0.39, 0.29) is 0 Å². The highest BCUT2D eigenvalue weighted by molar-refractivity contribution is 5.90. The fourth-order valence-corrected chi connectivity index (χ4v) is 5.40. The summed E-state index contributed by atoms with van der Waals surface area (Å²) >= 11 is 0. The second kappa shape index (κ2) is 2.91. The molecule has 1 spiro atoms. The monoisotopic (exact) mass is 220 g/mol. The van der Waals surface area contributed by atoms with Crippen LogP contribution in [0.25, 0.3) is 0 Å². The first-order chi connectivity index (χ1) is 7.43. The van der Waals surface area contributed by atoms with Gasteiger partial charge in [-0.15, -0.1) is 0 Å². The highest BCUT2D eigenvalue weighted by atomic mass is 16.1. The lowest BCUT2D eigenvalue weighted by Gasteiger charge is -2.38. The van der Waals surface area contributed by atoms with Gasteiger partial charge in [0.15, 0.2) is 0 Å². The molecule has 0 heterocycles. The van der Waals surface area contributed by atoms with Crippen LogP contribution in [0.4, 0.5) is 0 Å². The summed E-state index contributed by atoms with van der Waals surface area (Å²) in [6, 6.07) is 0. The molecule has 0 N–H and O–H groups in total. The Morgan fingerprint density at radius 3 is 2.69 bits per heavy atom. The van der Waals surface area contributed by atoms with Crippen molar-refractivity contribution in [2.24, 2.45) is 34.5 Å². The van der Waals surface area contributed by atoms with Crippen molar-refractivity contribution >= 4 is 5.78 Å². The summed E-state index contributed by atoms with van der Waals surface area (Å²) in [7, 11) is 0. The zero-order valence-electron chi connectivity index (χ0n) is 11.0. The van der Waals surface area contributed by atoms with Crippen molar-refractivity contribution in [1.29, 1.82) is 0 Å². The SMILES string of the molecule is CC(C)[C@@H]1CC[C@]2(C)[C@H]3C(=O)C[C@@H](C)[C@]32C1. The highest BCUT2D eigenvalue weighted by Gasteiger charge is 2.81. The average molecular weight is 220 g/mol. The Kier molecular flexibility index (Phi) is 1.97. The van der Waals surface area contributed by atoms with Gasteiger partial charge in [-0.05, 0) is 47.8 Å². The van der Waals surface area contributed by atoms with Crippen LogP contribution >= 0.6 is 0 Å². The molecule has 0 amide bonds. The smallest absolute Gasteiger partial charge is 0.137 e. The third-order valence-corrected chi connectivity index (χ3v) is 6.42. The summed E-state index contributed by atoms with van der Waals surface area (Å²) in [6.07, 6.45) is 4.85. The zero-order chi connectivity index (χ0) is 11.7. The van der Waals surface area contributed by atoms with E-state index in [9.17, 15) is 4.79 Å². The molecule has 16 heavy (non-hydrogen) atoms. The molecule has 3 aliphatic carbocycles. The van der Waals surface area contributed by atoms with Gasteiger partial charge in [0.05, 0.1) is 0 Å². The number of fused-ring (bicyclic) bond motifs is 1. The van der Waals surface area contributed by atoms with E-state index in [0.29, 0.717) is 28.4 Å². The van der Waals surface area contributed by atoms with Crippen molar-refractivity contribution in [2.75, 3.05) is 0 Å². The molecule has 3 aliphatic rings. The van der Waals surface area contributed by atoms with E-state index < -0.39 is 0 Å². The lowest BCUT2D eigenvalue weighted by Crippen LogP contribution is -2.30. The molecule has 0 aromatic heterocycles. The number of Topliss-reactive ketones (excluding diaryl/α,β-unsaturated/α-hetero) is 1. The highest BCUT2D eigenvalue weighted by Crippen LogP contribution is 2.83. The van der Waals surface area contributed by atoms with Crippen molar-refractivity contribution in [3.8, 4) is 0 Å². The minimum Gasteiger partial charge on any atom is -0.299 e. The van der Waals surface area contributed by atoms with Crippen LogP contribution in [0.2, 0.25) is 0 Å². The summed E-state index contributed by atoms with van der Waals surface area (Å²) < 4.78 is 0. The van der Waals surface area contributed by atoms with Crippen LogP contribution in [0.1, 0.15) is 53.4 Å². The van der Waals surface area contributed by atoms with E-state index in [1.54, 1.807) is 0 Å². The Morgan fingerprint density at radius 1 is 1.38 bits per heavy atom. The first-order valence-corrected chi connectivity index (χ1v) is 6.96. The summed E-state index contributed by atoms with van der Waals surface area (Å²) in [5.74, 6) is 3.34. The largest absolute Gasteiger partial charge is 0.299 e. The Bertz CT molecular complexity index is 345. The van der Waals surface area contributed by atoms with E-state index in [0.717, 1.165) is 18.3 Å². The van der Waals surface area contributed by atoms with Crippen molar-refractivity contribution < 1.29 is 4.79 Å². The van der Waals surface area contributed by atoms with E-state index in [1.807, 2.05) is 0 Å². The van der Waals surface area contributed by atoms with Gasteiger partial charge in [0.2, 0.25) is 0 Å². The van der Waals surface area contributed by atoms with Gasteiger partial charge in [-0.1, -0.05) is 27.7 Å². The normalized spacial score (nSPS) is 55.1. The van der Waals surface area contributed by atoms with Crippen molar-refractivity contribution in [3.05, 3.63) is 0 Å². The summed E-state index contributed by atoms with van der Waals surface area (Å²) in [5, 5.41) is 0. The molecule has 3 fully saturated rings. The van der Waals surface area contributed by atoms with E-state index in [2.05, 4.69) is 27.7 Å². The van der Waals surface area contributed by atoms with Gasteiger partial charge >= 0.3 is 0 Å². The van der Waals surface area contributed by atoms with Crippen LogP contribution in [0.5, 0.6) is 0 Å². The molecule has 0 bridgehead atoms. The second-order valence-corrected chi connectivity index (χ2v) is 7.21. The third-order valence-electron chi connectivity index (χ3n) is 6.42. The third kappa shape index (κ3) is 0.966. The molecule has 5 atom stereocenters. The molecule has 3 saturated carbocycles. The van der Waals surface area contributed by atoms with E-state index >= 15 is 0 Å². The van der Waals surface area contributed by atoms with Crippen LogP contribution in [0.3, 0.4) is 0 Å². The molecule has 0 aromatic carbocycles. The molecule has 0 aromatic rings. The lowest BCUT2D eigenvalue weighted by atomic mass is 9.67. The average Bonchev–Trinajstić information content (AvgIpc) is 2.67. The maximum atomic E-state index is 12.1. The van der Waals surface area contributed by atoms with Gasteiger partial charge in [-0.2, -0.15) is 0 Å². The Labute approximate surface area is 99.0 Å². The number of ketones is 1. The van der Waals surface area contributed by atoms with Crippen LogP contribution in [-0.2, 0) is 4.79 Å². The molecule has 3 rings (SSSR count). The molecule has 1 nitrogen and oxygen atoms in total. The standard InChI is InChI=1S/C15H24O/c1-9(2)11-5-6-14(4)13-12(16)7-10(3)15(13,14)8-11/h9-11,13H,5-8H2,1-4H3/t10-,11-,13-,14-,15-/m1/s1. The van der Waals surface area contributed by atoms with Crippen LogP contribution in [0.15, 0.2) is 0 Å². The number of hydrogen-bond acceptors (Lipinski definition) is 1. The summed E-state index contributed by atoms with van der Waals surface area (Å²) in [6.45, 7) is 9.42. The number of carbonyl (C=O) groups excluding carboxylic acids is 1. The molecule has 1 heteroatoms. The molecular weight excluding hydrogens is 196 g/mol. The quantitative estimate of drug-likeness (QED) is 0.659. The lowest BCUT2D eigenvalue weighted by molar-refractivity contribution is -0.120. The van der Waals surface area contributed by atoms with Crippen molar-refractivity contribution in [2.45, 2.75) is 53.4 Å². The minimum atomic E-state index is 0.396. The number of carbonyl (C=O) groups is 1. The maximum absolute atomic E-state index is 12.1. The van der Waals surface area contributed by atoms with Crippen LogP contribution in [0, 0.1) is 34.5 Å². The summed E-state index contributed by atoms with van der Waals surface area (Å²) in [4.78, 5) is 12.1. The first-order valence-electron chi connectivity index (χ1n) is 6.96. The fraction of sp³-hybridized carbons (Fsp3) is 0.933. The predicted molar refractivity (Wildman–Crippen MR) is 65.0 cm³/mol. The summed E-state index contributed by atoms with van der Waals surface area (Å²) in [5.41, 5.74) is 0.824. The fourth-order valence-electron chi connectivity index (χ4n) is 5.40. The molecule has 90 valence electrons. The number of hydrogen-bond donors (Lipinski definition) is 0. The molecule has 0 aliphatic heterocycles. The Hall–Kier alpha value is -0.330. The predicted octanol–water partition coefficient (Wildman–Crippen LogP) is 3.67. The van der Waals surface area contributed by atoms with Crippen molar-refractivity contribution in [3.63, 3.8) is 0 Å². The molecule has 0 saturated heterocycles. The molecular formula is C15H24O. The van der Waals surface area contributed by atoms with Crippen molar-refractivity contribution in [1.82, 2.24) is 0 Å². The van der Waals surface area contributed by atoms with Gasteiger partial charge in [0.1, 0.15) is 5.78 Å². The first kappa shape index (κ1) is 10.8. The van der Waals surface area contributed by atoms with Gasteiger partial charge < -0.3 is 0 Å². The zero-order valence-corrected chi connectivity index (χ0v) is 11.0.